The van der Waals surface area contributed by atoms with Crippen molar-refractivity contribution in [2.75, 3.05) is 13.7 Å². The Morgan fingerprint density at radius 2 is 2.11 bits per heavy atom. The molecular weight excluding hydrogens is 222 g/mol. The molecule has 1 aliphatic rings. The SMILES string of the molecule is COc1ccccc1CCN[C@@H]1CCC[C@@H](C)C1. The third-order valence-electron chi connectivity index (χ3n) is 3.96. The van der Waals surface area contributed by atoms with Gasteiger partial charge in [-0.05, 0) is 43.4 Å². The monoisotopic (exact) mass is 247 g/mol. The maximum absolute atomic E-state index is 5.38. The Hall–Kier alpha value is -1.02. The molecule has 1 fully saturated rings. The highest BCUT2D eigenvalue weighted by Crippen LogP contribution is 2.23. The minimum absolute atomic E-state index is 0.725. The van der Waals surface area contributed by atoms with Crippen LogP contribution in [-0.4, -0.2) is 19.7 Å². The van der Waals surface area contributed by atoms with Crippen molar-refractivity contribution < 1.29 is 4.74 Å². The van der Waals surface area contributed by atoms with Crippen molar-refractivity contribution in [3.63, 3.8) is 0 Å². The van der Waals surface area contributed by atoms with E-state index in [1.807, 2.05) is 12.1 Å². The van der Waals surface area contributed by atoms with E-state index < -0.39 is 0 Å². The molecule has 0 aromatic heterocycles. The maximum atomic E-state index is 5.38. The number of benzene rings is 1. The van der Waals surface area contributed by atoms with E-state index in [0.717, 1.165) is 30.7 Å². The molecule has 1 aromatic carbocycles. The number of ether oxygens (including phenoxy) is 1. The van der Waals surface area contributed by atoms with Crippen LogP contribution in [0.1, 0.15) is 38.2 Å². The number of para-hydroxylation sites is 1. The van der Waals surface area contributed by atoms with Gasteiger partial charge < -0.3 is 10.1 Å². The fourth-order valence-electron chi connectivity index (χ4n) is 2.94. The lowest BCUT2D eigenvalue weighted by Crippen LogP contribution is -2.34. The Bertz CT molecular complexity index is 364. The third kappa shape index (κ3) is 3.74. The van der Waals surface area contributed by atoms with Gasteiger partial charge in [-0.25, -0.2) is 0 Å². The Kier molecular flexibility index (Phi) is 5.06. The fourth-order valence-corrected chi connectivity index (χ4v) is 2.94. The zero-order valence-electron chi connectivity index (χ0n) is 11.6. The number of nitrogens with one attached hydrogen (secondary N) is 1. The molecule has 2 heteroatoms. The number of hydrogen-bond acceptors (Lipinski definition) is 2. The van der Waals surface area contributed by atoms with Crippen LogP contribution in [-0.2, 0) is 6.42 Å². The van der Waals surface area contributed by atoms with Crippen LogP contribution in [0.15, 0.2) is 24.3 Å². The van der Waals surface area contributed by atoms with Crippen LogP contribution in [0.5, 0.6) is 5.75 Å². The van der Waals surface area contributed by atoms with E-state index in [2.05, 4.69) is 24.4 Å². The Morgan fingerprint density at radius 3 is 2.89 bits per heavy atom. The van der Waals surface area contributed by atoms with Crippen molar-refractivity contribution in [2.24, 2.45) is 5.92 Å². The summed E-state index contributed by atoms with van der Waals surface area (Å²) in [7, 11) is 1.75. The Morgan fingerprint density at radius 1 is 1.28 bits per heavy atom. The standard InChI is InChI=1S/C16H25NO/c1-13-6-5-8-15(12-13)17-11-10-14-7-3-4-9-16(14)18-2/h3-4,7,9,13,15,17H,5-6,8,10-12H2,1-2H3/t13-,15-/m1/s1. The van der Waals surface area contributed by atoms with Crippen molar-refractivity contribution in [3.05, 3.63) is 29.8 Å². The van der Waals surface area contributed by atoms with Gasteiger partial charge in [-0.3, -0.25) is 0 Å². The van der Waals surface area contributed by atoms with Crippen LogP contribution in [0.25, 0.3) is 0 Å². The largest absolute Gasteiger partial charge is 0.496 e. The number of rotatable bonds is 5. The summed E-state index contributed by atoms with van der Waals surface area (Å²) in [6.07, 6.45) is 6.52. The van der Waals surface area contributed by atoms with Gasteiger partial charge in [0.2, 0.25) is 0 Å². The van der Waals surface area contributed by atoms with Crippen molar-refractivity contribution in [1.29, 1.82) is 0 Å². The van der Waals surface area contributed by atoms with Crippen LogP contribution in [0.3, 0.4) is 0 Å². The molecule has 0 bridgehead atoms. The molecule has 1 N–H and O–H groups in total. The van der Waals surface area contributed by atoms with E-state index in [-0.39, 0.29) is 0 Å². The minimum atomic E-state index is 0.725. The third-order valence-corrected chi connectivity index (χ3v) is 3.96. The first kappa shape index (κ1) is 13.4. The van der Waals surface area contributed by atoms with Crippen LogP contribution < -0.4 is 10.1 Å². The highest BCUT2D eigenvalue weighted by molar-refractivity contribution is 5.33. The van der Waals surface area contributed by atoms with Gasteiger partial charge >= 0.3 is 0 Å². The predicted molar refractivity (Wildman–Crippen MR) is 76.1 cm³/mol. The second kappa shape index (κ2) is 6.79. The van der Waals surface area contributed by atoms with E-state index in [9.17, 15) is 0 Å². The normalized spacial score (nSPS) is 23.9. The molecule has 0 aliphatic heterocycles. The number of methoxy groups -OCH3 is 1. The van der Waals surface area contributed by atoms with Gasteiger partial charge in [0, 0.05) is 6.04 Å². The summed E-state index contributed by atoms with van der Waals surface area (Å²) in [5.74, 6) is 1.90. The zero-order valence-corrected chi connectivity index (χ0v) is 11.6. The topological polar surface area (TPSA) is 21.3 Å². The zero-order chi connectivity index (χ0) is 12.8. The fraction of sp³-hybridized carbons (Fsp3) is 0.625. The number of hydrogen-bond donors (Lipinski definition) is 1. The van der Waals surface area contributed by atoms with Gasteiger partial charge in [0.25, 0.3) is 0 Å². The summed E-state index contributed by atoms with van der Waals surface area (Å²) in [4.78, 5) is 0. The second-order valence-corrected chi connectivity index (χ2v) is 5.48. The molecule has 1 aliphatic carbocycles. The van der Waals surface area contributed by atoms with Gasteiger partial charge in [-0.15, -0.1) is 0 Å². The smallest absolute Gasteiger partial charge is 0.122 e. The molecule has 0 unspecified atom stereocenters. The summed E-state index contributed by atoms with van der Waals surface area (Å²) in [5, 5.41) is 3.70. The first-order valence-electron chi connectivity index (χ1n) is 7.15. The van der Waals surface area contributed by atoms with E-state index in [1.54, 1.807) is 7.11 Å². The summed E-state index contributed by atoms with van der Waals surface area (Å²) in [6, 6.07) is 9.03. The minimum Gasteiger partial charge on any atom is -0.496 e. The molecule has 1 aromatic rings. The van der Waals surface area contributed by atoms with E-state index in [0.29, 0.717) is 0 Å². The van der Waals surface area contributed by atoms with Gasteiger partial charge in [-0.1, -0.05) is 38.0 Å². The molecule has 1 saturated carbocycles. The molecular formula is C16H25NO. The van der Waals surface area contributed by atoms with Gasteiger partial charge in [0.1, 0.15) is 5.75 Å². The van der Waals surface area contributed by atoms with E-state index in [4.69, 9.17) is 4.74 Å². The molecule has 100 valence electrons. The van der Waals surface area contributed by atoms with Crippen molar-refractivity contribution in [1.82, 2.24) is 5.32 Å². The molecule has 0 amide bonds. The van der Waals surface area contributed by atoms with E-state index in [1.165, 1.54) is 31.2 Å². The molecule has 0 spiro atoms. The summed E-state index contributed by atoms with van der Waals surface area (Å²) < 4.78 is 5.38. The maximum Gasteiger partial charge on any atom is 0.122 e. The summed E-state index contributed by atoms with van der Waals surface area (Å²) in [6.45, 7) is 3.42. The van der Waals surface area contributed by atoms with Crippen LogP contribution in [0.4, 0.5) is 0 Å². The van der Waals surface area contributed by atoms with Crippen LogP contribution in [0, 0.1) is 5.92 Å². The van der Waals surface area contributed by atoms with Crippen molar-refractivity contribution >= 4 is 0 Å². The summed E-state index contributed by atoms with van der Waals surface area (Å²) in [5.41, 5.74) is 1.30. The average Bonchev–Trinajstić information content (AvgIpc) is 2.39. The van der Waals surface area contributed by atoms with Crippen molar-refractivity contribution in [3.8, 4) is 5.75 Å². The highest BCUT2D eigenvalue weighted by atomic mass is 16.5. The lowest BCUT2D eigenvalue weighted by atomic mass is 9.87. The average molecular weight is 247 g/mol. The lowest BCUT2D eigenvalue weighted by Gasteiger charge is -2.27. The first-order chi connectivity index (χ1) is 8.79. The Labute approximate surface area is 111 Å². The second-order valence-electron chi connectivity index (χ2n) is 5.48. The van der Waals surface area contributed by atoms with Crippen LogP contribution in [0.2, 0.25) is 0 Å². The summed E-state index contributed by atoms with van der Waals surface area (Å²) >= 11 is 0. The molecule has 0 radical (unpaired) electrons. The van der Waals surface area contributed by atoms with Crippen molar-refractivity contribution in [2.45, 2.75) is 45.1 Å². The van der Waals surface area contributed by atoms with Gasteiger partial charge in [0.15, 0.2) is 0 Å². The molecule has 2 atom stereocenters. The van der Waals surface area contributed by atoms with Gasteiger partial charge in [0.05, 0.1) is 7.11 Å². The Balaban J connectivity index is 1.77. The van der Waals surface area contributed by atoms with Gasteiger partial charge in [-0.2, -0.15) is 0 Å². The lowest BCUT2D eigenvalue weighted by molar-refractivity contribution is 0.302. The molecule has 18 heavy (non-hydrogen) atoms. The molecule has 2 rings (SSSR count). The highest BCUT2D eigenvalue weighted by Gasteiger charge is 2.17. The quantitative estimate of drug-likeness (QED) is 0.861. The molecule has 2 nitrogen and oxygen atoms in total. The van der Waals surface area contributed by atoms with Crippen LogP contribution >= 0.6 is 0 Å². The molecule has 0 heterocycles. The predicted octanol–water partition coefficient (Wildman–Crippen LogP) is 3.41. The first-order valence-corrected chi connectivity index (χ1v) is 7.15. The van der Waals surface area contributed by atoms with E-state index >= 15 is 0 Å². The molecule has 0 saturated heterocycles.